The number of carbonyl (C=O) groups is 1. The second kappa shape index (κ2) is 5.53. The van der Waals surface area contributed by atoms with Crippen molar-refractivity contribution in [2.24, 2.45) is 0 Å². The van der Waals surface area contributed by atoms with Crippen molar-refractivity contribution in [1.82, 2.24) is 15.1 Å². The first-order chi connectivity index (χ1) is 9.82. The van der Waals surface area contributed by atoms with Gasteiger partial charge in [-0.1, -0.05) is 0 Å². The van der Waals surface area contributed by atoms with Crippen LogP contribution in [0.2, 0.25) is 0 Å². The number of aromatic nitrogens is 2. The van der Waals surface area contributed by atoms with Crippen LogP contribution in [-0.4, -0.2) is 38.0 Å². The highest BCUT2D eigenvalue weighted by atomic mass is 19.1. The van der Waals surface area contributed by atoms with Crippen molar-refractivity contribution in [3.05, 3.63) is 42.0 Å². The van der Waals surface area contributed by atoms with Crippen LogP contribution in [0.3, 0.4) is 0 Å². The average molecular weight is 293 g/mol. The molecule has 0 unspecified atom stereocenters. The molecule has 1 aromatic carbocycles. The number of hydrogen-bond donors (Lipinski definition) is 3. The number of aromatic hydroxyl groups is 1. The molecule has 6 nitrogen and oxygen atoms in total. The second-order valence-electron chi connectivity index (χ2n) is 5.28. The molecule has 112 valence electrons. The summed E-state index contributed by atoms with van der Waals surface area (Å²) < 4.78 is 14.1. The maximum atomic E-state index is 12.9. The van der Waals surface area contributed by atoms with Gasteiger partial charge in [-0.3, -0.25) is 4.79 Å². The van der Waals surface area contributed by atoms with Gasteiger partial charge in [0.15, 0.2) is 11.4 Å². The van der Waals surface area contributed by atoms with Crippen LogP contribution in [0.25, 0.3) is 5.69 Å². The van der Waals surface area contributed by atoms with Gasteiger partial charge >= 0.3 is 0 Å². The molecule has 0 fully saturated rings. The van der Waals surface area contributed by atoms with E-state index in [1.54, 1.807) is 13.8 Å². The normalized spacial score (nSPS) is 11.4. The largest absolute Gasteiger partial charge is 0.504 e. The quantitative estimate of drug-likeness (QED) is 0.791. The van der Waals surface area contributed by atoms with Crippen LogP contribution in [0, 0.1) is 5.82 Å². The molecule has 0 atom stereocenters. The predicted molar refractivity (Wildman–Crippen MR) is 73.8 cm³/mol. The van der Waals surface area contributed by atoms with E-state index in [0.717, 1.165) is 0 Å². The van der Waals surface area contributed by atoms with E-state index < -0.39 is 17.3 Å². The van der Waals surface area contributed by atoms with Crippen molar-refractivity contribution >= 4 is 5.91 Å². The molecule has 0 spiro atoms. The monoisotopic (exact) mass is 293 g/mol. The van der Waals surface area contributed by atoms with Crippen LogP contribution in [0.1, 0.15) is 24.3 Å². The summed E-state index contributed by atoms with van der Waals surface area (Å²) in [5, 5.41) is 25.5. The highest BCUT2D eigenvalue weighted by Crippen LogP contribution is 2.19. The van der Waals surface area contributed by atoms with Crippen LogP contribution < -0.4 is 5.32 Å². The van der Waals surface area contributed by atoms with Crippen molar-refractivity contribution in [2.75, 3.05) is 6.61 Å². The Morgan fingerprint density at radius 3 is 2.57 bits per heavy atom. The first kappa shape index (κ1) is 15.0. The summed E-state index contributed by atoms with van der Waals surface area (Å²) in [5.74, 6) is -1.30. The maximum Gasteiger partial charge on any atom is 0.276 e. The number of amides is 1. The zero-order valence-corrected chi connectivity index (χ0v) is 11.7. The first-order valence-electron chi connectivity index (χ1n) is 6.30. The van der Waals surface area contributed by atoms with Gasteiger partial charge in [0, 0.05) is 0 Å². The van der Waals surface area contributed by atoms with E-state index in [1.165, 1.54) is 35.1 Å². The fourth-order valence-electron chi connectivity index (χ4n) is 1.66. The van der Waals surface area contributed by atoms with Crippen molar-refractivity contribution in [2.45, 2.75) is 19.4 Å². The number of carbonyl (C=O) groups excluding carboxylic acids is 1. The molecular weight excluding hydrogens is 277 g/mol. The summed E-state index contributed by atoms with van der Waals surface area (Å²) in [7, 11) is 0. The number of benzene rings is 1. The van der Waals surface area contributed by atoms with E-state index in [0.29, 0.717) is 5.69 Å². The molecule has 7 heteroatoms. The summed E-state index contributed by atoms with van der Waals surface area (Å²) in [6.07, 6.45) is 1.26. The fourth-order valence-corrected chi connectivity index (χ4v) is 1.66. The minimum absolute atomic E-state index is 0.166. The molecule has 0 aliphatic heterocycles. The Labute approximate surface area is 120 Å². The van der Waals surface area contributed by atoms with Crippen molar-refractivity contribution in [3.8, 4) is 11.4 Å². The third kappa shape index (κ3) is 3.38. The summed E-state index contributed by atoms with van der Waals surface area (Å²) in [6.45, 7) is 3.02. The molecular formula is C14H16FN3O3. The molecule has 21 heavy (non-hydrogen) atoms. The fraction of sp³-hybridized carbons (Fsp3) is 0.286. The molecule has 0 radical (unpaired) electrons. The lowest BCUT2D eigenvalue weighted by Crippen LogP contribution is -2.46. The lowest BCUT2D eigenvalue weighted by molar-refractivity contribution is 0.0861. The van der Waals surface area contributed by atoms with Crippen LogP contribution in [-0.2, 0) is 0 Å². The molecule has 0 saturated heterocycles. The Morgan fingerprint density at radius 1 is 1.38 bits per heavy atom. The molecule has 1 amide bonds. The van der Waals surface area contributed by atoms with Gasteiger partial charge in [-0.25, -0.2) is 9.07 Å². The molecule has 1 heterocycles. The summed E-state index contributed by atoms with van der Waals surface area (Å²) in [5.41, 5.74) is -0.489. The lowest BCUT2D eigenvalue weighted by Gasteiger charge is -2.22. The van der Waals surface area contributed by atoms with Crippen molar-refractivity contribution in [3.63, 3.8) is 0 Å². The van der Waals surface area contributed by atoms with Gasteiger partial charge in [0.25, 0.3) is 5.91 Å². The highest BCUT2D eigenvalue weighted by molar-refractivity contribution is 5.95. The number of nitrogens with one attached hydrogen (secondary N) is 1. The number of hydrogen-bond acceptors (Lipinski definition) is 4. The van der Waals surface area contributed by atoms with Crippen LogP contribution in [0.15, 0.2) is 30.5 Å². The van der Waals surface area contributed by atoms with E-state index in [1.807, 2.05) is 0 Å². The number of nitrogens with zero attached hydrogens (tertiary/aromatic N) is 2. The maximum absolute atomic E-state index is 12.9. The number of aliphatic hydroxyl groups is 1. The summed E-state index contributed by atoms with van der Waals surface area (Å²) >= 11 is 0. The molecule has 0 saturated carbocycles. The van der Waals surface area contributed by atoms with Crippen LogP contribution in [0.5, 0.6) is 5.75 Å². The van der Waals surface area contributed by atoms with Gasteiger partial charge in [-0.05, 0) is 38.1 Å². The van der Waals surface area contributed by atoms with Gasteiger partial charge in [0.1, 0.15) is 5.82 Å². The van der Waals surface area contributed by atoms with Crippen LogP contribution >= 0.6 is 0 Å². The molecule has 0 aliphatic rings. The van der Waals surface area contributed by atoms with Gasteiger partial charge in [-0.2, -0.15) is 5.10 Å². The molecule has 1 aromatic heterocycles. The Kier molecular flexibility index (Phi) is 3.95. The zero-order valence-electron chi connectivity index (χ0n) is 11.7. The van der Waals surface area contributed by atoms with Crippen molar-refractivity contribution < 1.29 is 19.4 Å². The predicted octanol–water partition coefficient (Wildman–Crippen LogP) is 1.22. The number of halogens is 1. The van der Waals surface area contributed by atoms with Gasteiger partial charge in [-0.15, -0.1) is 0 Å². The average Bonchev–Trinajstić information content (AvgIpc) is 2.81. The Morgan fingerprint density at radius 2 is 2.00 bits per heavy atom. The third-order valence-electron chi connectivity index (χ3n) is 2.85. The lowest BCUT2D eigenvalue weighted by atomic mass is 10.1. The Bertz CT molecular complexity index is 650. The van der Waals surface area contributed by atoms with E-state index in [9.17, 15) is 14.3 Å². The van der Waals surface area contributed by atoms with E-state index in [-0.39, 0.29) is 18.1 Å². The van der Waals surface area contributed by atoms with Gasteiger partial charge in [0.2, 0.25) is 0 Å². The molecule has 2 aromatic rings. The molecule has 3 N–H and O–H groups in total. The second-order valence-corrected chi connectivity index (χ2v) is 5.28. The van der Waals surface area contributed by atoms with E-state index in [2.05, 4.69) is 10.4 Å². The van der Waals surface area contributed by atoms with E-state index >= 15 is 0 Å². The molecule has 2 rings (SSSR count). The van der Waals surface area contributed by atoms with Gasteiger partial charge < -0.3 is 15.5 Å². The zero-order chi connectivity index (χ0) is 15.6. The van der Waals surface area contributed by atoms with Crippen LogP contribution in [0.4, 0.5) is 4.39 Å². The highest BCUT2D eigenvalue weighted by Gasteiger charge is 2.24. The third-order valence-corrected chi connectivity index (χ3v) is 2.85. The summed E-state index contributed by atoms with van der Waals surface area (Å²) in [6, 6.07) is 5.45. The van der Waals surface area contributed by atoms with Crippen molar-refractivity contribution in [1.29, 1.82) is 0 Å². The number of aliphatic hydroxyl groups excluding tert-OH is 1. The summed E-state index contributed by atoms with van der Waals surface area (Å²) in [4.78, 5) is 12.0. The number of rotatable bonds is 4. The minimum Gasteiger partial charge on any atom is -0.504 e. The first-order valence-corrected chi connectivity index (χ1v) is 6.30. The minimum atomic E-state index is -0.830. The topological polar surface area (TPSA) is 87.4 Å². The molecule has 0 aliphatic carbocycles. The Balaban J connectivity index is 2.27. The standard InChI is InChI=1S/C14H16FN3O3/c1-14(2,8-19)16-13(21)12-11(20)7-18(17-12)10-5-3-9(15)4-6-10/h3-7,19-20H,8H2,1-2H3,(H,16,21). The smallest absolute Gasteiger partial charge is 0.276 e. The van der Waals surface area contributed by atoms with E-state index in [4.69, 9.17) is 5.11 Å². The Hall–Kier alpha value is -2.41. The van der Waals surface area contributed by atoms with Gasteiger partial charge in [0.05, 0.1) is 24.0 Å². The molecule has 0 bridgehead atoms. The SMILES string of the molecule is CC(C)(CO)NC(=O)c1nn(-c2ccc(F)cc2)cc1O.